The molecule has 3 aromatic carbocycles. The summed E-state index contributed by atoms with van der Waals surface area (Å²) in [5.74, 6) is 0. The van der Waals surface area contributed by atoms with Crippen LogP contribution < -0.4 is 16.4 Å². The van der Waals surface area contributed by atoms with Gasteiger partial charge < -0.3 is 21.2 Å². The number of carboxylic acid groups (broad SMARTS) is 2. The van der Waals surface area contributed by atoms with E-state index in [1.54, 1.807) is 0 Å². The van der Waals surface area contributed by atoms with Gasteiger partial charge >= 0.3 is 37.7 Å². The van der Waals surface area contributed by atoms with Gasteiger partial charge in [-0.1, -0.05) is 48.5 Å². The van der Waals surface area contributed by atoms with Crippen LogP contribution in [0.3, 0.4) is 0 Å². The smallest absolute Gasteiger partial charge is 0.652 e. The molecule has 0 heterocycles. The average molecular weight is 309 g/mol. The first-order chi connectivity index (χ1) is 9.09. The number of hydrogen-bond acceptors (Lipinski definition) is 4. The normalized spacial score (nSPS) is 9.00. The summed E-state index contributed by atoms with van der Waals surface area (Å²) in [6, 6.07) is 19.4. The van der Waals surface area contributed by atoms with E-state index in [2.05, 4.69) is 61.5 Å². The summed E-state index contributed by atoms with van der Waals surface area (Å²) in [7, 11) is 0. The Balaban J connectivity index is 0.000000602. The van der Waals surface area contributed by atoms with Crippen LogP contribution >= 0.6 is 0 Å². The Kier molecular flexibility index (Phi) is 8.29. The predicted molar refractivity (Wildman–Crippen MR) is 82.4 cm³/mol. The molecular formula is C16H15CaNO3. The van der Waals surface area contributed by atoms with Crippen LogP contribution in [-0.2, 0) is 0 Å². The summed E-state index contributed by atoms with van der Waals surface area (Å²) < 4.78 is 0. The molecule has 0 amide bonds. The molecule has 0 spiro atoms. The summed E-state index contributed by atoms with van der Waals surface area (Å²) in [6.45, 7) is 2.20. The summed E-state index contributed by atoms with van der Waals surface area (Å²) in [4.78, 5) is 8.33. The maximum absolute atomic E-state index is 8.33. The molecule has 3 aromatic rings. The van der Waals surface area contributed by atoms with E-state index in [1.165, 1.54) is 27.1 Å². The zero-order valence-corrected chi connectivity index (χ0v) is 14.0. The van der Waals surface area contributed by atoms with E-state index >= 15 is 0 Å². The van der Waals surface area contributed by atoms with Crippen LogP contribution in [0.5, 0.6) is 0 Å². The molecule has 21 heavy (non-hydrogen) atoms. The van der Waals surface area contributed by atoms with Gasteiger partial charge in [-0.25, -0.2) is 0 Å². The average Bonchev–Trinajstić information content (AvgIpc) is 2.38. The van der Waals surface area contributed by atoms with Gasteiger partial charge in [-0.2, -0.15) is 0 Å². The third kappa shape index (κ3) is 4.86. The Morgan fingerprint density at radius 1 is 0.857 bits per heavy atom. The van der Waals surface area contributed by atoms with E-state index < -0.39 is 6.16 Å². The minimum atomic E-state index is -2.33. The second-order valence-electron chi connectivity index (χ2n) is 4.19. The third-order valence-corrected chi connectivity index (χ3v) is 3.04. The van der Waals surface area contributed by atoms with Crippen LogP contribution in [0, 0.1) is 6.92 Å². The second kappa shape index (κ2) is 8.85. The molecule has 0 saturated carbocycles. The van der Waals surface area contributed by atoms with Crippen molar-refractivity contribution in [3.63, 3.8) is 0 Å². The molecule has 0 aliphatic carbocycles. The van der Waals surface area contributed by atoms with Crippen LogP contribution in [0.1, 0.15) is 5.56 Å². The quantitative estimate of drug-likeness (QED) is 0.504. The minimum absolute atomic E-state index is 0. The summed E-state index contributed by atoms with van der Waals surface area (Å²) >= 11 is 0. The molecule has 0 bridgehead atoms. The molecule has 0 saturated heterocycles. The molecule has 0 aromatic heterocycles. The van der Waals surface area contributed by atoms with Crippen molar-refractivity contribution in [2.75, 3.05) is 0 Å². The van der Waals surface area contributed by atoms with Gasteiger partial charge in [0.05, 0.1) is 0 Å². The van der Waals surface area contributed by atoms with Gasteiger partial charge in [0.15, 0.2) is 0 Å². The Hall–Kier alpha value is -1.33. The van der Waals surface area contributed by atoms with Crippen LogP contribution in [-0.4, -0.2) is 43.9 Å². The largest absolute Gasteiger partial charge is 2.00 e. The molecule has 4 nitrogen and oxygen atoms in total. The standard InChI is InChI=1S/C15H12.CH2O3.Ca.H3N/c1-11-14-8-4-2-6-12(14)10-13-7-3-5-9-15(11)13;2-1(3)4;;/h2-10H,1H3;(H2,2,3,4);;1H3/q;;+2;/p-2. The number of benzene rings is 3. The summed E-state index contributed by atoms with van der Waals surface area (Å²) in [5, 5.41) is 22.0. The van der Waals surface area contributed by atoms with E-state index in [9.17, 15) is 0 Å². The minimum Gasteiger partial charge on any atom is -0.652 e. The number of fused-ring (bicyclic) bond motifs is 2. The van der Waals surface area contributed by atoms with Crippen molar-refractivity contribution in [2.24, 2.45) is 0 Å². The van der Waals surface area contributed by atoms with Gasteiger partial charge in [0.25, 0.3) is 0 Å². The monoisotopic (exact) mass is 309 g/mol. The third-order valence-electron chi connectivity index (χ3n) is 3.04. The molecule has 0 aliphatic rings. The van der Waals surface area contributed by atoms with E-state index in [0.29, 0.717) is 0 Å². The van der Waals surface area contributed by atoms with E-state index in [0.717, 1.165) is 0 Å². The number of carbonyl (C=O) groups excluding carboxylic acids is 1. The second-order valence-corrected chi connectivity index (χ2v) is 4.19. The van der Waals surface area contributed by atoms with Crippen molar-refractivity contribution < 1.29 is 15.0 Å². The first-order valence-electron chi connectivity index (χ1n) is 5.84. The topological polar surface area (TPSA) is 98.2 Å². The van der Waals surface area contributed by atoms with Gasteiger partial charge in [-0.3, -0.25) is 0 Å². The van der Waals surface area contributed by atoms with Crippen LogP contribution in [0.25, 0.3) is 21.5 Å². The SMILES string of the molecule is Cc1c2ccccc2cc2ccccc12.N.O=C([O-])[O-].[Ca+2]. The predicted octanol–water partition coefficient (Wildman–Crippen LogP) is 1.64. The molecule has 5 heteroatoms. The van der Waals surface area contributed by atoms with E-state index in [4.69, 9.17) is 15.0 Å². The fourth-order valence-electron chi connectivity index (χ4n) is 2.24. The molecule has 3 rings (SSSR count). The Bertz CT molecular complexity index is 686. The van der Waals surface area contributed by atoms with E-state index in [-0.39, 0.29) is 43.9 Å². The van der Waals surface area contributed by atoms with Crippen LogP contribution in [0.2, 0.25) is 0 Å². The van der Waals surface area contributed by atoms with Gasteiger partial charge in [-0.15, -0.1) is 0 Å². The van der Waals surface area contributed by atoms with Crippen molar-refractivity contribution in [3.05, 3.63) is 60.2 Å². The van der Waals surface area contributed by atoms with Gasteiger partial charge in [-0.05, 0) is 46.3 Å². The maximum Gasteiger partial charge on any atom is 2.00 e. The molecule has 0 radical (unpaired) electrons. The van der Waals surface area contributed by atoms with Crippen molar-refractivity contribution in [2.45, 2.75) is 6.92 Å². The van der Waals surface area contributed by atoms with Gasteiger partial charge in [0.2, 0.25) is 0 Å². The molecule has 0 fully saturated rings. The first kappa shape index (κ1) is 19.7. The molecule has 0 unspecified atom stereocenters. The number of rotatable bonds is 0. The van der Waals surface area contributed by atoms with Crippen LogP contribution in [0.15, 0.2) is 54.6 Å². The van der Waals surface area contributed by atoms with Crippen molar-refractivity contribution in [3.8, 4) is 0 Å². The summed E-state index contributed by atoms with van der Waals surface area (Å²) in [5.41, 5.74) is 1.38. The summed E-state index contributed by atoms with van der Waals surface area (Å²) in [6.07, 6.45) is -2.33. The first-order valence-corrected chi connectivity index (χ1v) is 5.84. The fraction of sp³-hybridized carbons (Fsp3) is 0.0625. The molecule has 0 atom stereocenters. The van der Waals surface area contributed by atoms with Gasteiger partial charge in [0.1, 0.15) is 0 Å². The maximum atomic E-state index is 8.33. The Morgan fingerprint density at radius 2 is 1.19 bits per heavy atom. The molecule has 3 N–H and O–H groups in total. The zero-order chi connectivity index (χ0) is 13.8. The number of hydrogen-bond donors (Lipinski definition) is 1. The molecular weight excluding hydrogens is 294 g/mol. The fourth-order valence-corrected chi connectivity index (χ4v) is 2.24. The van der Waals surface area contributed by atoms with E-state index in [1.807, 2.05) is 0 Å². The number of aryl methyl sites for hydroxylation is 1. The van der Waals surface area contributed by atoms with Gasteiger partial charge in [0, 0.05) is 0 Å². The zero-order valence-electron chi connectivity index (χ0n) is 11.8. The van der Waals surface area contributed by atoms with Crippen molar-refractivity contribution >= 4 is 65.4 Å². The molecule has 104 valence electrons. The molecule has 0 aliphatic heterocycles. The number of carbonyl (C=O) groups is 1. The van der Waals surface area contributed by atoms with Crippen molar-refractivity contribution in [1.29, 1.82) is 0 Å². The van der Waals surface area contributed by atoms with Crippen molar-refractivity contribution in [1.82, 2.24) is 6.15 Å². The Morgan fingerprint density at radius 3 is 1.57 bits per heavy atom. The van der Waals surface area contributed by atoms with Crippen LogP contribution in [0.4, 0.5) is 4.79 Å². The Labute approximate surface area is 153 Å².